The van der Waals surface area contributed by atoms with Crippen LogP contribution in [0.15, 0.2) is 24.3 Å². The minimum absolute atomic E-state index is 0.470. The Hall–Kier alpha value is 0.260. The average molecular weight is 361 g/mol. The van der Waals surface area contributed by atoms with Crippen molar-refractivity contribution in [3.63, 3.8) is 0 Å². The smallest absolute Gasteiger partial charge is 0.0294 e. The first kappa shape index (κ1) is 13.7. The van der Waals surface area contributed by atoms with Crippen LogP contribution < -0.4 is 5.32 Å². The van der Waals surface area contributed by atoms with E-state index in [1.54, 1.807) is 0 Å². The van der Waals surface area contributed by atoms with Gasteiger partial charge >= 0.3 is 0 Å². The van der Waals surface area contributed by atoms with E-state index in [0.29, 0.717) is 12.1 Å². The van der Waals surface area contributed by atoms with E-state index in [1.807, 2.05) is 11.8 Å². The second-order valence-electron chi connectivity index (χ2n) is 4.81. The van der Waals surface area contributed by atoms with Crippen molar-refractivity contribution in [1.29, 1.82) is 0 Å². The van der Waals surface area contributed by atoms with Crippen molar-refractivity contribution < 1.29 is 0 Å². The fourth-order valence-corrected chi connectivity index (χ4v) is 3.66. The minimum Gasteiger partial charge on any atom is -0.307 e. The molecule has 0 heterocycles. The molecule has 1 N–H and O–H groups in total. The van der Waals surface area contributed by atoms with Gasteiger partial charge in [-0.1, -0.05) is 12.1 Å². The molecule has 3 atom stereocenters. The summed E-state index contributed by atoms with van der Waals surface area (Å²) in [5, 5.41) is 4.63. The van der Waals surface area contributed by atoms with Gasteiger partial charge in [-0.15, -0.1) is 0 Å². The van der Waals surface area contributed by atoms with E-state index < -0.39 is 0 Å². The molecule has 17 heavy (non-hydrogen) atoms. The molecule has 0 bridgehead atoms. The first-order valence-corrected chi connectivity index (χ1v) is 8.60. The predicted molar refractivity (Wildman–Crippen MR) is 85.7 cm³/mol. The first-order valence-electron chi connectivity index (χ1n) is 6.23. The zero-order valence-electron chi connectivity index (χ0n) is 10.4. The molecule has 0 amide bonds. The van der Waals surface area contributed by atoms with Crippen LogP contribution in [-0.4, -0.2) is 17.5 Å². The molecule has 3 unspecified atom stereocenters. The number of nitrogens with one attached hydrogen (secondary N) is 1. The van der Waals surface area contributed by atoms with Crippen LogP contribution in [-0.2, 0) is 0 Å². The highest BCUT2D eigenvalue weighted by Crippen LogP contribution is 2.29. The van der Waals surface area contributed by atoms with E-state index in [1.165, 1.54) is 28.4 Å². The molecular formula is C14H20INS. The molecule has 1 aromatic rings. The Morgan fingerprint density at radius 3 is 2.59 bits per heavy atom. The molecule has 94 valence electrons. The summed E-state index contributed by atoms with van der Waals surface area (Å²) in [6.45, 7) is 2.27. The van der Waals surface area contributed by atoms with Crippen molar-refractivity contribution in [2.24, 2.45) is 0 Å². The Bertz CT molecular complexity index is 352. The average Bonchev–Trinajstić information content (AvgIpc) is 2.77. The highest BCUT2D eigenvalue weighted by Gasteiger charge is 2.24. The SMILES string of the molecule is CSC1CCC(NC(C)c2ccc(I)cc2)C1. The van der Waals surface area contributed by atoms with Gasteiger partial charge in [-0.3, -0.25) is 0 Å². The summed E-state index contributed by atoms with van der Waals surface area (Å²) >= 11 is 4.37. The lowest BCUT2D eigenvalue weighted by Gasteiger charge is -2.20. The molecule has 1 aromatic carbocycles. The Morgan fingerprint density at radius 2 is 2.00 bits per heavy atom. The largest absolute Gasteiger partial charge is 0.307 e. The minimum atomic E-state index is 0.470. The summed E-state index contributed by atoms with van der Waals surface area (Å²) in [5.41, 5.74) is 1.40. The van der Waals surface area contributed by atoms with Crippen molar-refractivity contribution >= 4 is 34.4 Å². The van der Waals surface area contributed by atoms with Crippen LogP contribution in [0.1, 0.15) is 37.8 Å². The van der Waals surface area contributed by atoms with Gasteiger partial charge in [-0.05, 0) is 72.7 Å². The van der Waals surface area contributed by atoms with Gasteiger partial charge in [0.1, 0.15) is 0 Å². The van der Waals surface area contributed by atoms with Gasteiger partial charge in [0.25, 0.3) is 0 Å². The fraction of sp³-hybridized carbons (Fsp3) is 0.571. The highest BCUT2D eigenvalue weighted by molar-refractivity contribution is 14.1. The molecule has 1 fully saturated rings. The normalized spacial score (nSPS) is 26.1. The zero-order chi connectivity index (χ0) is 12.3. The van der Waals surface area contributed by atoms with Crippen molar-refractivity contribution in [3.8, 4) is 0 Å². The molecule has 0 radical (unpaired) electrons. The van der Waals surface area contributed by atoms with Crippen LogP contribution in [0.5, 0.6) is 0 Å². The predicted octanol–water partition coefficient (Wildman–Crippen LogP) is 4.23. The lowest BCUT2D eigenvalue weighted by molar-refractivity contribution is 0.462. The topological polar surface area (TPSA) is 12.0 Å². The number of rotatable bonds is 4. The van der Waals surface area contributed by atoms with Crippen LogP contribution in [0.2, 0.25) is 0 Å². The lowest BCUT2D eigenvalue weighted by Crippen LogP contribution is -2.29. The second kappa shape index (κ2) is 6.43. The molecule has 3 heteroatoms. The third-order valence-corrected chi connectivity index (χ3v) is 5.39. The van der Waals surface area contributed by atoms with E-state index in [4.69, 9.17) is 0 Å². The van der Waals surface area contributed by atoms with Crippen molar-refractivity contribution in [2.75, 3.05) is 6.26 Å². The van der Waals surface area contributed by atoms with Gasteiger partial charge in [0, 0.05) is 20.9 Å². The van der Waals surface area contributed by atoms with Crippen LogP contribution in [0.3, 0.4) is 0 Å². The molecular weight excluding hydrogens is 341 g/mol. The van der Waals surface area contributed by atoms with Crippen LogP contribution in [0.4, 0.5) is 0 Å². The van der Waals surface area contributed by atoms with Gasteiger partial charge in [0.15, 0.2) is 0 Å². The molecule has 0 aliphatic heterocycles. The van der Waals surface area contributed by atoms with Crippen molar-refractivity contribution in [3.05, 3.63) is 33.4 Å². The summed E-state index contributed by atoms with van der Waals surface area (Å²) in [7, 11) is 0. The van der Waals surface area contributed by atoms with Crippen molar-refractivity contribution in [2.45, 2.75) is 43.5 Å². The summed E-state index contributed by atoms with van der Waals surface area (Å²) in [4.78, 5) is 0. The maximum absolute atomic E-state index is 3.76. The number of hydrogen-bond donors (Lipinski definition) is 1. The van der Waals surface area contributed by atoms with Gasteiger partial charge in [-0.2, -0.15) is 11.8 Å². The Balaban J connectivity index is 1.89. The summed E-state index contributed by atoms with van der Waals surface area (Å²) in [6.07, 6.45) is 6.27. The number of hydrogen-bond acceptors (Lipinski definition) is 2. The second-order valence-corrected chi connectivity index (χ2v) is 7.19. The zero-order valence-corrected chi connectivity index (χ0v) is 13.4. The maximum atomic E-state index is 3.76. The quantitative estimate of drug-likeness (QED) is 0.806. The molecule has 1 aliphatic rings. The Labute approximate surface area is 122 Å². The summed E-state index contributed by atoms with van der Waals surface area (Å²) in [6, 6.07) is 10.0. The van der Waals surface area contributed by atoms with E-state index >= 15 is 0 Å². The Kier molecular flexibility index (Phi) is 5.18. The van der Waals surface area contributed by atoms with Gasteiger partial charge < -0.3 is 5.32 Å². The molecule has 1 nitrogen and oxygen atoms in total. The highest BCUT2D eigenvalue weighted by atomic mass is 127. The van der Waals surface area contributed by atoms with E-state index in [-0.39, 0.29) is 0 Å². The summed E-state index contributed by atoms with van der Waals surface area (Å²) < 4.78 is 1.31. The molecule has 0 saturated heterocycles. The van der Waals surface area contributed by atoms with E-state index in [2.05, 4.69) is 65.4 Å². The number of thioether (sulfide) groups is 1. The van der Waals surface area contributed by atoms with Gasteiger partial charge in [0.2, 0.25) is 0 Å². The van der Waals surface area contributed by atoms with Crippen LogP contribution in [0, 0.1) is 3.57 Å². The van der Waals surface area contributed by atoms with E-state index in [9.17, 15) is 0 Å². The molecule has 0 spiro atoms. The number of halogens is 1. The molecule has 0 aromatic heterocycles. The lowest BCUT2D eigenvalue weighted by atomic mass is 10.1. The maximum Gasteiger partial charge on any atom is 0.0294 e. The van der Waals surface area contributed by atoms with Crippen LogP contribution in [0.25, 0.3) is 0 Å². The standard InChI is InChI=1S/C14H20INS/c1-10(11-3-5-12(15)6-4-11)16-13-7-8-14(9-13)17-2/h3-6,10,13-14,16H,7-9H2,1-2H3. The fourth-order valence-electron chi connectivity index (χ4n) is 2.51. The molecule has 1 saturated carbocycles. The third kappa shape index (κ3) is 3.86. The van der Waals surface area contributed by atoms with Gasteiger partial charge in [-0.25, -0.2) is 0 Å². The third-order valence-electron chi connectivity index (χ3n) is 3.57. The van der Waals surface area contributed by atoms with E-state index in [0.717, 1.165) is 5.25 Å². The Morgan fingerprint density at radius 1 is 1.29 bits per heavy atom. The molecule has 2 rings (SSSR count). The monoisotopic (exact) mass is 361 g/mol. The number of benzene rings is 1. The van der Waals surface area contributed by atoms with Gasteiger partial charge in [0.05, 0.1) is 0 Å². The molecule has 1 aliphatic carbocycles. The summed E-state index contributed by atoms with van der Waals surface area (Å²) in [5.74, 6) is 0. The van der Waals surface area contributed by atoms with Crippen LogP contribution >= 0.6 is 34.4 Å². The first-order chi connectivity index (χ1) is 8.19. The van der Waals surface area contributed by atoms with Crippen molar-refractivity contribution in [1.82, 2.24) is 5.32 Å².